The molecule has 1 aromatic rings. The molecule has 0 aromatic carbocycles. The average molecular weight is 262 g/mol. The Kier molecular flexibility index (Phi) is 3.55. The van der Waals surface area contributed by atoms with Gasteiger partial charge < -0.3 is 4.90 Å². The van der Waals surface area contributed by atoms with Gasteiger partial charge in [-0.1, -0.05) is 6.42 Å². The van der Waals surface area contributed by atoms with E-state index in [9.17, 15) is 4.79 Å². The lowest BCUT2D eigenvalue weighted by Crippen LogP contribution is -2.53. The third kappa shape index (κ3) is 2.66. The van der Waals surface area contributed by atoms with Gasteiger partial charge in [0.05, 0.1) is 6.04 Å². The lowest BCUT2D eigenvalue weighted by molar-refractivity contribution is -0.131. The second kappa shape index (κ2) is 5.33. The molecule has 0 saturated carbocycles. The minimum atomic E-state index is 0.312. The summed E-state index contributed by atoms with van der Waals surface area (Å²) in [6, 6.07) is 2.88. The van der Waals surface area contributed by atoms with Gasteiger partial charge in [-0.25, -0.2) is 0 Å². The van der Waals surface area contributed by atoms with Crippen LogP contribution in [0.25, 0.3) is 0 Å². The Morgan fingerprint density at radius 1 is 1.37 bits per heavy atom. The molecule has 1 unspecified atom stereocenters. The Morgan fingerprint density at radius 3 is 2.95 bits per heavy atom. The highest BCUT2D eigenvalue weighted by Crippen LogP contribution is 2.23. The van der Waals surface area contributed by atoms with Gasteiger partial charge in [0.1, 0.15) is 0 Å². The number of aromatic nitrogens is 2. The Balaban J connectivity index is 1.51. The number of rotatable bonds is 3. The highest BCUT2D eigenvalue weighted by molar-refractivity contribution is 5.76. The van der Waals surface area contributed by atoms with E-state index in [1.54, 1.807) is 0 Å². The minimum Gasteiger partial charge on any atom is -0.341 e. The van der Waals surface area contributed by atoms with Gasteiger partial charge in [-0.3, -0.25) is 14.4 Å². The molecule has 5 heteroatoms. The van der Waals surface area contributed by atoms with Crippen molar-refractivity contribution in [2.45, 2.75) is 37.8 Å². The van der Waals surface area contributed by atoms with Crippen molar-refractivity contribution in [3.8, 4) is 0 Å². The summed E-state index contributed by atoms with van der Waals surface area (Å²) in [5.41, 5.74) is 0. The van der Waals surface area contributed by atoms with E-state index in [2.05, 4.69) is 10.00 Å². The van der Waals surface area contributed by atoms with E-state index in [0.717, 1.165) is 38.9 Å². The van der Waals surface area contributed by atoms with E-state index < -0.39 is 0 Å². The molecule has 0 bridgehead atoms. The van der Waals surface area contributed by atoms with Gasteiger partial charge in [-0.05, 0) is 18.9 Å². The second-order valence-electron chi connectivity index (χ2n) is 5.76. The summed E-state index contributed by atoms with van der Waals surface area (Å²) in [5.74, 6) is 0.312. The molecule has 2 saturated heterocycles. The predicted octanol–water partition coefficient (Wildman–Crippen LogP) is 1.14. The van der Waals surface area contributed by atoms with Crippen LogP contribution in [0.3, 0.4) is 0 Å². The quantitative estimate of drug-likeness (QED) is 0.820. The van der Waals surface area contributed by atoms with Crippen molar-refractivity contribution in [2.24, 2.45) is 0 Å². The largest absolute Gasteiger partial charge is 0.341 e. The molecule has 2 fully saturated rings. The minimum absolute atomic E-state index is 0.312. The molecule has 19 heavy (non-hydrogen) atoms. The topological polar surface area (TPSA) is 41.4 Å². The predicted molar refractivity (Wildman–Crippen MR) is 72.7 cm³/mol. The molecule has 0 N–H and O–H groups in total. The van der Waals surface area contributed by atoms with Gasteiger partial charge >= 0.3 is 0 Å². The van der Waals surface area contributed by atoms with Crippen LogP contribution in [-0.4, -0.2) is 58.2 Å². The molecule has 1 aromatic heterocycles. The number of hydrogen-bond donors (Lipinski definition) is 0. The standard InChI is InChI=1S/C14H22N4O/c1-16-12(5-2-3-6-14(16)19)9-17-10-13(11-17)18-8-4-7-15-18/h4,7-8,12-13H,2-3,5-6,9-11H2,1H3. The zero-order chi connectivity index (χ0) is 13.2. The number of nitrogens with zero attached hydrogens (tertiary/aromatic N) is 4. The monoisotopic (exact) mass is 262 g/mol. The number of likely N-dealkylation sites (N-methyl/N-ethyl adjacent to an activating group) is 1. The van der Waals surface area contributed by atoms with Crippen LogP contribution < -0.4 is 0 Å². The van der Waals surface area contributed by atoms with Gasteiger partial charge in [0.2, 0.25) is 5.91 Å². The van der Waals surface area contributed by atoms with Gasteiger partial charge in [-0.15, -0.1) is 0 Å². The third-order valence-corrected chi connectivity index (χ3v) is 4.42. The third-order valence-electron chi connectivity index (χ3n) is 4.42. The number of carbonyl (C=O) groups excluding carboxylic acids is 1. The summed E-state index contributed by atoms with van der Waals surface area (Å²) in [6.07, 6.45) is 7.96. The first-order valence-electron chi connectivity index (χ1n) is 7.21. The zero-order valence-electron chi connectivity index (χ0n) is 11.5. The second-order valence-corrected chi connectivity index (χ2v) is 5.76. The first kappa shape index (κ1) is 12.7. The molecule has 3 heterocycles. The van der Waals surface area contributed by atoms with Crippen LogP contribution in [-0.2, 0) is 4.79 Å². The molecule has 0 aliphatic carbocycles. The van der Waals surface area contributed by atoms with Crippen LogP contribution in [0.2, 0.25) is 0 Å². The van der Waals surface area contributed by atoms with Gasteiger partial charge in [-0.2, -0.15) is 5.10 Å². The molecule has 0 radical (unpaired) electrons. The number of amides is 1. The highest BCUT2D eigenvalue weighted by Gasteiger charge is 2.32. The molecular weight excluding hydrogens is 240 g/mol. The fourth-order valence-corrected chi connectivity index (χ4v) is 3.10. The van der Waals surface area contributed by atoms with Crippen LogP contribution in [0.5, 0.6) is 0 Å². The Hall–Kier alpha value is -1.36. The lowest BCUT2D eigenvalue weighted by Gasteiger charge is -2.42. The molecule has 3 rings (SSSR count). The maximum absolute atomic E-state index is 11.9. The van der Waals surface area contributed by atoms with Crippen molar-refractivity contribution in [1.29, 1.82) is 0 Å². The summed E-state index contributed by atoms with van der Waals surface area (Å²) >= 11 is 0. The Labute approximate surface area is 114 Å². The van der Waals surface area contributed by atoms with Crippen LogP contribution in [0.1, 0.15) is 31.7 Å². The van der Waals surface area contributed by atoms with Crippen molar-refractivity contribution in [3.05, 3.63) is 18.5 Å². The molecule has 2 aliphatic rings. The van der Waals surface area contributed by atoms with Crippen molar-refractivity contribution in [1.82, 2.24) is 19.6 Å². The molecule has 5 nitrogen and oxygen atoms in total. The molecule has 0 spiro atoms. The fraction of sp³-hybridized carbons (Fsp3) is 0.714. The van der Waals surface area contributed by atoms with Crippen LogP contribution in [0.15, 0.2) is 18.5 Å². The first-order valence-corrected chi connectivity index (χ1v) is 7.21. The van der Waals surface area contributed by atoms with Crippen molar-refractivity contribution in [3.63, 3.8) is 0 Å². The smallest absolute Gasteiger partial charge is 0.222 e. The van der Waals surface area contributed by atoms with Gasteiger partial charge in [0, 0.05) is 51.5 Å². The number of likely N-dealkylation sites (tertiary alicyclic amines) is 2. The summed E-state index contributed by atoms with van der Waals surface area (Å²) in [6.45, 7) is 3.13. The summed E-state index contributed by atoms with van der Waals surface area (Å²) in [7, 11) is 1.96. The maximum atomic E-state index is 11.9. The average Bonchev–Trinajstić information content (AvgIpc) is 2.82. The molecule has 1 amide bonds. The fourth-order valence-electron chi connectivity index (χ4n) is 3.10. The normalized spacial score (nSPS) is 26.3. The van der Waals surface area contributed by atoms with E-state index >= 15 is 0 Å². The number of hydrogen-bond acceptors (Lipinski definition) is 3. The van der Waals surface area contributed by atoms with Crippen LogP contribution in [0, 0.1) is 0 Å². The van der Waals surface area contributed by atoms with E-state index in [4.69, 9.17) is 0 Å². The van der Waals surface area contributed by atoms with Crippen LogP contribution >= 0.6 is 0 Å². The highest BCUT2D eigenvalue weighted by atomic mass is 16.2. The SMILES string of the molecule is CN1C(=O)CCCCC1CN1CC(n2cccn2)C1. The lowest BCUT2D eigenvalue weighted by atomic mass is 10.0. The summed E-state index contributed by atoms with van der Waals surface area (Å²) < 4.78 is 2.04. The van der Waals surface area contributed by atoms with E-state index in [-0.39, 0.29) is 0 Å². The molecule has 104 valence electrons. The first-order chi connectivity index (χ1) is 9.24. The molecule has 2 aliphatic heterocycles. The Morgan fingerprint density at radius 2 is 2.21 bits per heavy atom. The van der Waals surface area contributed by atoms with Gasteiger partial charge in [0.15, 0.2) is 0 Å². The molecular formula is C14H22N4O. The summed E-state index contributed by atoms with van der Waals surface area (Å²) in [4.78, 5) is 16.3. The van der Waals surface area contributed by atoms with Crippen molar-refractivity contribution in [2.75, 3.05) is 26.7 Å². The number of carbonyl (C=O) groups is 1. The summed E-state index contributed by atoms with van der Waals surface area (Å²) in [5, 5.41) is 4.29. The van der Waals surface area contributed by atoms with E-state index in [0.29, 0.717) is 18.0 Å². The van der Waals surface area contributed by atoms with Crippen molar-refractivity contribution >= 4 is 5.91 Å². The van der Waals surface area contributed by atoms with Crippen molar-refractivity contribution < 1.29 is 4.79 Å². The molecule has 1 atom stereocenters. The zero-order valence-corrected chi connectivity index (χ0v) is 11.5. The van der Waals surface area contributed by atoms with Crippen LogP contribution in [0.4, 0.5) is 0 Å². The van der Waals surface area contributed by atoms with Gasteiger partial charge in [0.25, 0.3) is 0 Å². The van der Waals surface area contributed by atoms with E-state index in [1.165, 1.54) is 6.42 Å². The van der Waals surface area contributed by atoms with E-state index in [1.807, 2.05) is 35.1 Å². The maximum Gasteiger partial charge on any atom is 0.222 e. The Bertz CT molecular complexity index is 425.